The Kier molecular flexibility index (Phi) is 7.18. The zero-order chi connectivity index (χ0) is 38.2. The van der Waals surface area contributed by atoms with E-state index in [1.165, 1.54) is 50.1 Å². The Morgan fingerprint density at radius 1 is 0.483 bits per heavy atom. The fraction of sp³-hybridized carbons (Fsp3) is 0.0545. The molecule has 1 aliphatic heterocycles. The van der Waals surface area contributed by atoms with E-state index in [0.29, 0.717) is 0 Å². The lowest BCUT2D eigenvalue weighted by Gasteiger charge is -2.37. The smallest absolute Gasteiger partial charge is 0.170 e. The monoisotopic (exact) mass is 741 g/mol. The Labute approximate surface area is 338 Å². The number of fused-ring (bicyclic) bond motifs is 13. The largest absolute Gasteiger partial charge is 0.478 e. The molecule has 8 aromatic rings. The van der Waals surface area contributed by atoms with Gasteiger partial charge in [0.2, 0.25) is 0 Å². The minimum Gasteiger partial charge on any atom is -0.478 e. The van der Waals surface area contributed by atoms with Crippen molar-refractivity contribution in [3.63, 3.8) is 0 Å². The SMILES string of the molecule is c1ccc(N(C2=CC3Oc4ccc5c(c4OC3C=C2)-c2ccccc2C52c3ccccc3-c3ccccc32)c2ccccc2-c2ccccc2-c2ccccc2)cc#1. The van der Waals surface area contributed by atoms with Crippen LogP contribution in [-0.4, -0.2) is 12.2 Å². The highest BCUT2D eigenvalue weighted by Gasteiger charge is 2.53. The Bertz CT molecular complexity index is 2940. The van der Waals surface area contributed by atoms with Crippen LogP contribution < -0.4 is 14.4 Å². The number of hydrogen-bond acceptors (Lipinski definition) is 3. The van der Waals surface area contributed by atoms with Gasteiger partial charge in [-0.25, -0.2) is 0 Å². The summed E-state index contributed by atoms with van der Waals surface area (Å²) in [7, 11) is 0. The fourth-order valence-corrected chi connectivity index (χ4v) is 9.99. The van der Waals surface area contributed by atoms with Gasteiger partial charge in [-0.3, -0.25) is 0 Å². The van der Waals surface area contributed by atoms with E-state index < -0.39 is 5.41 Å². The van der Waals surface area contributed by atoms with Crippen molar-refractivity contribution in [2.45, 2.75) is 17.6 Å². The Hall–Kier alpha value is -7.54. The van der Waals surface area contributed by atoms with E-state index in [0.717, 1.165) is 45.3 Å². The number of allylic oxidation sites excluding steroid dienone is 1. The molecule has 0 aromatic heterocycles. The van der Waals surface area contributed by atoms with Crippen molar-refractivity contribution >= 4 is 11.4 Å². The van der Waals surface area contributed by atoms with Crippen molar-refractivity contribution in [3.05, 3.63) is 240 Å². The number of rotatable bonds is 5. The summed E-state index contributed by atoms with van der Waals surface area (Å²) in [6, 6.07) is 71.2. The highest BCUT2D eigenvalue weighted by molar-refractivity contribution is 5.98. The first-order valence-electron chi connectivity index (χ1n) is 19.9. The van der Waals surface area contributed by atoms with Crippen molar-refractivity contribution in [1.82, 2.24) is 0 Å². The number of ether oxygens (including phenoxy) is 2. The number of benzene rings is 7. The summed E-state index contributed by atoms with van der Waals surface area (Å²) in [4.78, 5) is 2.30. The molecule has 8 aromatic carbocycles. The summed E-state index contributed by atoms with van der Waals surface area (Å²) >= 11 is 0. The lowest BCUT2D eigenvalue weighted by molar-refractivity contribution is 0.0755. The van der Waals surface area contributed by atoms with Crippen molar-refractivity contribution < 1.29 is 9.47 Å². The first kappa shape index (κ1) is 32.7. The van der Waals surface area contributed by atoms with Crippen LogP contribution in [0.2, 0.25) is 0 Å². The standard InChI is InChI=1S/C55H35NO2/c1-3-17-36(18-4-1)39-21-7-8-22-40(39)43-25-12-16-30-49(43)56(37-19-5-2-6-20-37)38-31-33-50-52(35-38)57-51-34-32-48-53(54(51)58-50)44-26-11-15-29-47(44)55(48)45-27-13-9-23-41(45)42-24-10-14-28-46(42)55/h1,3-5,7-35,50,52H. The van der Waals surface area contributed by atoms with Crippen LogP contribution in [0.4, 0.5) is 11.4 Å². The average Bonchev–Trinajstić information content (AvgIpc) is 3.77. The number of anilines is 2. The van der Waals surface area contributed by atoms with E-state index >= 15 is 0 Å². The predicted octanol–water partition coefficient (Wildman–Crippen LogP) is 12.8. The number of hydrogen-bond donors (Lipinski definition) is 0. The molecular weight excluding hydrogens is 707 g/mol. The first-order chi connectivity index (χ1) is 28.8. The second-order valence-electron chi connectivity index (χ2n) is 15.3. The number of nitrogens with zero attached hydrogens (tertiary/aromatic N) is 1. The highest BCUT2D eigenvalue weighted by Crippen LogP contribution is 2.65. The lowest BCUT2D eigenvalue weighted by atomic mass is 9.70. The lowest BCUT2D eigenvalue weighted by Crippen LogP contribution is -2.40. The molecule has 0 amide bonds. The first-order valence-corrected chi connectivity index (χ1v) is 19.9. The van der Waals surface area contributed by atoms with Gasteiger partial charge in [-0.2, -0.15) is 0 Å². The van der Waals surface area contributed by atoms with Crippen molar-refractivity contribution in [3.8, 4) is 56.0 Å². The Morgan fingerprint density at radius 2 is 1.10 bits per heavy atom. The minimum atomic E-state index is -0.443. The van der Waals surface area contributed by atoms with Crippen molar-refractivity contribution in [2.75, 3.05) is 4.90 Å². The van der Waals surface area contributed by atoms with E-state index in [4.69, 9.17) is 9.47 Å². The second-order valence-corrected chi connectivity index (χ2v) is 15.3. The molecule has 58 heavy (non-hydrogen) atoms. The van der Waals surface area contributed by atoms with Gasteiger partial charge in [-0.05, 0) is 98.1 Å². The molecule has 3 aliphatic carbocycles. The van der Waals surface area contributed by atoms with Crippen LogP contribution in [0.15, 0.2) is 206 Å². The molecule has 0 fully saturated rings. The maximum Gasteiger partial charge on any atom is 0.170 e. The molecule has 2 unspecified atom stereocenters. The van der Waals surface area contributed by atoms with Crippen molar-refractivity contribution in [1.29, 1.82) is 0 Å². The van der Waals surface area contributed by atoms with Gasteiger partial charge < -0.3 is 14.4 Å². The second kappa shape index (κ2) is 12.7. The molecule has 12 rings (SSSR count). The maximum absolute atomic E-state index is 7.13. The third-order valence-electron chi connectivity index (χ3n) is 12.3. The molecule has 3 nitrogen and oxygen atoms in total. The van der Waals surface area contributed by atoms with Crippen LogP contribution in [0.5, 0.6) is 11.5 Å². The molecule has 0 N–H and O–H groups in total. The summed E-state index contributed by atoms with van der Waals surface area (Å²) in [5.74, 6) is 1.56. The van der Waals surface area contributed by atoms with Gasteiger partial charge in [0.1, 0.15) is 0 Å². The Balaban J connectivity index is 0.977. The summed E-state index contributed by atoms with van der Waals surface area (Å²) < 4.78 is 14.1. The molecule has 2 atom stereocenters. The molecule has 0 radical (unpaired) electrons. The van der Waals surface area contributed by atoms with E-state index in [2.05, 4.69) is 205 Å². The van der Waals surface area contributed by atoms with E-state index in [-0.39, 0.29) is 12.2 Å². The van der Waals surface area contributed by atoms with Gasteiger partial charge in [-0.1, -0.05) is 164 Å². The van der Waals surface area contributed by atoms with Crippen molar-refractivity contribution in [2.24, 2.45) is 0 Å². The van der Waals surface area contributed by atoms with E-state index in [1.54, 1.807) is 0 Å². The molecule has 0 bridgehead atoms. The normalized spacial score (nSPS) is 16.9. The van der Waals surface area contributed by atoms with Gasteiger partial charge in [-0.15, -0.1) is 0 Å². The van der Waals surface area contributed by atoms with Gasteiger partial charge >= 0.3 is 0 Å². The van der Waals surface area contributed by atoms with Gasteiger partial charge in [0.15, 0.2) is 23.7 Å². The van der Waals surface area contributed by atoms with Gasteiger partial charge in [0.25, 0.3) is 0 Å². The zero-order valence-corrected chi connectivity index (χ0v) is 31.5. The maximum atomic E-state index is 7.13. The predicted molar refractivity (Wildman–Crippen MR) is 232 cm³/mol. The van der Waals surface area contributed by atoms with Crippen LogP contribution in [0.25, 0.3) is 44.5 Å². The van der Waals surface area contributed by atoms with Crippen LogP contribution >= 0.6 is 0 Å². The molecule has 272 valence electrons. The van der Waals surface area contributed by atoms with Gasteiger partial charge in [0.05, 0.1) is 16.8 Å². The molecule has 4 aliphatic rings. The topological polar surface area (TPSA) is 21.7 Å². The van der Waals surface area contributed by atoms with Crippen LogP contribution in [-0.2, 0) is 5.41 Å². The third-order valence-corrected chi connectivity index (χ3v) is 12.3. The highest BCUT2D eigenvalue weighted by atomic mass is 16.6. The molecule has 1 heterocycles. The average molecular weight is 742 g/mol. The molecular formula is C55H35NO2. The fourth-order valence-electron chi connectivity index (χ4n) is 9.99. The van der Waals surface area contributed by atoms with Crippen LogP contribution in [0, 0.1) is 12.1 Å². The summed E-state index contributed by atoms with van der Waals surface area (Å²) in [5.41, 5.74) is 17.2. The Morgan fingerprint density at radius 3 is 1.83 bits per heavy atom. The summed E-state index contributed by atoms with van der Waals surface area (Å²) in [6.45, 7) is 0. The third kappa shape index (κ3) is 4.63. The summed E-state index contributed by atoms with van der Waals surface area (Å²) in [5, 5.41) is 0. The molecule has 0 saturated heterocycles. The van der Waals surface area contributed by atoms with Crippen LogP contribution in [0.3, 0.4) is 0 Å². The quantitative estimate of drug-likeness (QED) is 0.175. The van der Waals surface area contributed by atoms with E-state index in [9.17, 15) is 0 Å². The van der Waals surface area contributed by atoms with Gasteiger partial charge in [0, 0.05) is 22.9 Å². The van der Waals surface area contributed by atoms with E-state index in [1.807, 2.05) is 12.1 Å². The molecule has 1 spiro atoms. The summed E-state index contributed by atoms with van der Waals surface area (Å²) in [6.07, 6.45) is 5.87. The van der Waals surface area contributed by atoms with Crippen LogP contribution in [0.1, 0.15) is 22.3 Å². The zero-order valence-electron chi connectivity index (χ0n) is 31.5. The molecule has 3 heteroatoms. The number of para-hydroxylation sites is 1. The molecule has 0 saturated carbocycles. The minimum absolute atomic E-state index is 0.318.